The zero-order valence-corrected chi connectivity index (χ0v) is 17.7. The van der Waals surface area contributed by atoms with Crippen molar-refractivity contribution in [3.63, 3.8) is 0 Å². The number of nitrogens with one attached hydrogen (secondary N) is 1. The van der Waals surface area contributed by atoms with Gasteiger partial charge in [0.15, 0.2) is 0 Å². The largest absolute Gasteiger partial charge is 0.493 e. The standard InChI is InChI=1S/C22H29F2N3O3/c1-14(2)27(16-6-4-7-25-13-16)22(28)19-12-20(30-9-5-8-29-3)21-17(24)10-15(23)11-18(21)26-19/h10-12,14,16,25H,4-9,13H2,1-3H3/t16-/m1/s1. The average molecular weight is 421 g/mol. The van der Waals surface area contributed by atoms with Gasteiger partial charge in [-0.1, -0.05) is 0 Å². The molecule has 1 atom stereocenters. The van der Waals surface area contributed by atoms with E-state index < -0.39 is 11.6 Å². The molecule has 1 aliphatic heterocycles. The average Bonchev–Trinajstić information content (AvgIpc) is 2.71. The zero-order valence-electron chi connectivity index (χ0n) is 17.7. The van der Waals surface area contributed by atoms with Crippen LogP contribution in [0.15, 0.2) is 18.2 Å². The van der Waals surface area contributed by atoms with E-state index in [2.05, 4.69) is 10.3 Å². The first kappa shape index (κ1) is 22.4. The Hall–Kier alpha value is -2.32. The fraction of sp³-hybridized carbons (Fsp3) is 0.545. The Kier molecular flexibility index (Phi) is 7.55. The van der Waals surface area contributed by atoms with Crippen molar-refractivity contribution in [3.05, 3.63) is 35.5 Å². The number of ether oxygens (including phenoxy) is 2. The van der Waals surface area contributed by atoms with Gasteiger partial charge in [0, 0.05) is 57.0 Å². The van der Waals surface area contributed by atoms with Gasteiger partial charge >= 0.3 is 0 Å². The van der Waals surface area contributed by atoms with E-state index in [1.165, 1.54) is 6.07 Å². The number of carbonyl (C=O) groups is 1. The van der Waals surface area contributed by atoms with Crippen molar-refractivity contribution in [2.75, 3.05) is 33.4 Å². The number of methoxy groups -OCH3 is 1. The van der Waals surface area contributed by atoms with Gasteiger partial charge in [0.05, 0.1) is 17.5 Å². The Morgan fingerprint density at radius 1 is 1.30 bits per heavy atom. The lowest BCUT2D eigenvalue weighted by molar-refractivity contribution is 0.0567. The maximum absolute atomic E-state index is 14.5. The van der Waals surface area contributed by atoms with E-state index in [0.717, 1.165) is 31.5 Å². The van der Waals surface area contributed by atoms with Crippen molar-refractivity contribution < 1.29 is 23.0 Å². The number of carbonyl (C=O) groups excluding carboxylic acids is 1. The van der Waals surface area contributed by atoms with E-state index in [-0.39, 0.29) is 46.9 Å². The predicted octanol–water partition coefficient (Wildman–Crippen LogP) is 3.53. The maximum Gasteiger partial charge on any atom is 0.273 e. The molecule has 2 heterocycles. The van der Waals surface area contributed by atoms with Crippen LogP contribution in [-0.2, 0) is 4.74 Å². The van der Waals surface area contributed by atoms with E-state index in [4.69, 9.17) is 9.47 Å². The third kappa shape index (κ3) is 5.05. The molecule has 3 rings (SSSR count). The summed E-state index contributed by atoms with van der Waals surface area (Å²) < 4.78 is 39.1. The summed E-state index contributed by atoms with van der Waals surface area (Å²) in [5, 5.41) is 3.39. The third-order valence-electron chi connectivity index (χ3n) is 5.21. The van der Waals surface area contributed by atoms with Crippen LogP contribution in [0.25, 0.3) is 10.9 Å². The number of hydrogen-bond donors (Lipinski definition) is 1. The fourth-order valence-electron chi connectivity index (χ4n) is 3.88. The van der Waals surface area contributed by atoms with Gasteiger partial charge in [-0.05, 0) is 33.2 Å². The van der Waals surface area contributed by atoms with Gasteiger partial charge in [-0.25, -0.2) is 13.8 Å². The van der Waals surface area contributed by atoms with E-state index in [1.54, 1.807) is 12.0 Å². The summed E-state index contributed by atoms with van der Waals surface area (Å²) in [6.07, 6.45) is 2.48. The molecule has 0 aliphatic carbocycles. The highest BCUT2D eigenvalue weighted by atomic mass is 19.1. The Bertz CT molecular complexity index is 886. The number of amides is 1. The summed E-state index contributed by atoms with van der Waals surface area (Å²) in [7, 11) is 1.58. The van der Waals surface area contributed by atoms with Crippen molar-refractivity contribution in [2.45, 2.75) is 45.2 Å². The monoisotopic (exact) mass is 421 g/mol. The Labute approximate surface area is 175 Å². The van der Waals surface area contributed by atoms with Crippen molar-refractivity contribution in [1.82, 2.24) is 15.2 Å². The molecule has 1 fully saturated rings. The highest BCUT2D eigenvalue weighted by molar-refractivity contribution is 5.97. The lowest BCUT2D eigenvalue weighted by atomic mass is 10.0. The van der Waals surface area contributed by atoms with Gasteiger partial charge in [-0.3, -0.25) is 4.79 Å². The molecular weight excluding hydrogens is 392 g/mol. The topological polar surface area (TPSA) is 63.7 Å². The second-order valence-corrected chi connectivity index (χ2v) is 7.79. The summed E-state index contributed by atoms with van der Waals surface area (Å²) in [6, 6.07) is 3.37. The summed E-state index contributed by atoms with van der Waals surface area (Å²) in [5.41, 5.74) is 0.180. The van der Waals surface area contributed by atoms with Crippen LogP contribution < -0.4 is 10.1 Å². The summed E-state index contributed by atoms with van der Waals surface area (Å²) in [5.74, 6) is -1.61. The molecule has 1 aromatic heterocycles. The highest BCUT2D eigenvalue weighted by Crippen LogP contribution is 2.30. The first-order chi connectivity index (χ1) is 14.4. The molecule has 8 heteroatoms. The maximum atomic E-state index is 14.5. The zero-order chi connectivity index (χ0) is 21.7. The summed E-state index contributed by atoms with van der Waals surface area (Å²) in [6.45, 7) is 6.31. The molecule has 1 N–H and O–H groups in total. The number of fused-ring (bicyclic) bond motifs is 1. The van der Waals surface area contributed by atoms with Crippen LogP contribution in [-0.4, -0.2) is 61.3 Å². The fourth-order valence-corrected chi connectivity index (χ4v) is 3.88. The van der Waals surface area contributed by atoms with E-state index >= 15 is 0 Å². The third-order valence-corrected chi connectivity index (χ3v) is 5.21. The first-order valence-corrected chi connectivity index (χ1v) is 10.4. The molecule has 0 unspecified atom stereocenters. The molecule has 0 bridgehead atoms. The lowest BCUT2D eigenvalue weighted by Crippen LogP contribution is -2.51. The number of halogens is 2. The number of piperidine rings is 1. The minimum absolute atomic E-state index is 0.0408. The molecule has 1 amide bonds. The first-order valence-electron chi connectivity index (χ1n) is 10.4. The number of nitrogens with zero attached hydrogens (tertiary/aromatic N) is 2. The smallest absolute Gasteiger partial charge is 0.273 e. The van der Waals surface area contributed by atoms with Gasteiger partial charge < -0.3 is 19.7 Å². The van der Waals surface area contributed by atoms with E-state index in [0.29, 0.717) is 19.6 Å². The molecule has 0 spiro atoms. The molecule has 30 heavy (non-hydrogen) atoms. The second-order valence-electron chi connectivity index (χ2n) is 7.79. The van der Waals surface area contributed by atoms with Gasteiger partial charge in [-0.15, -0.1) is 0 Å². The summed E-state index contributed by atoms with van der Waals surface area (Å²) in [4.78, 5) is 19.5. The second kappa shape index (κ2) is 10.1. The van der Waals surface area contributed by atoms with Crippen LogP contribution in [0.4, 0.5) is 8.78 Å². The highest BCUT2D eigenvalue weighted by Gasteiger charge is 2.30. The van der Waals surface area contributed by atoms with Gasteiger partial charge in [0.2, 0.25) is 0 Å². The van der Waals surface area contributed by atoms with Crippen molar-refractivity contribution >= 4 is 16.8 Å². The van der Waals surface area contributed by atoms with Crippen LogP contribution in [0.5, 0.6) is 5.75 Å². The molecule has 6 nitrogen and oxygen atoms in total. The van der Waals surface area contributed by atoms with E-state index in [9.17, 15) is 13.6 Å². The Morgan fingerprint density at radius 2 is 2.10 bits per heavy atom. The molecule has 1 aromatic carbocycles. The number of rotatable bonds is 8. The summed E-state index contributed by atoms with van der Waals surface area (Å²) >= 11 is 0. The Morgan fingerprint density at radius 3 is 2.77 bits per heavy atom. The van der Waals surface area contributed by atoms with Crippen LogP contribution >= 0.6 is 0 Å². The number of aromatic nitrogens is 1. The van der Waals surface area contributed by atoms with Gasteiger partial charge in [0.1, 0.15) is 23.1 Å². The molecule has 1 saturated heterocycles. The van der Waals surface area contributed by atoms with Crippen LogP contribution in [0.1, 0.15) is 43.6 Å². The normalized spacial score (nSPS) is 16.8. The van der Waals surface area contributed by atoms with Gasteiger partial charge in [-0.2, -0.15) is 0 Å². The number of pyridine rings is 1. The van der Waals surface area contributed by atoms with Crippen molar-refractivity contribution in [3.8, 4) is 5.75 Å². The molecule has 0 radical (unpaired) electrons. The van der Waals surface area contributed by atoms with Crippen molar-refractivity contribution in [2.24, 2.45) is 0 Å². The molecule has 164 valence electrons. The lowest BCUT2D eigenvalue weighted by Gasteiger charge is -2.37. The molecule has 2 aromatic rings. The number of hydrogen-bond acceptors (Lipinski definition) is 5. The van der Waals surface area contributed by atoms with Crippen LogP contribution in [0.3, 0.4) is 0 Å². The Balaban J connectivity index is 2.00. The van der Waals surface area contributed by atoms with Crippen LogP contribution in [0.2, 0.25) is 0 Å². The van der Waals surface area contributed by atoms with Gasteiger partial charge in [0.25, 0.3) is 5.91 Å². The minimum Gasteiger partial charge on any atom is -0.493 e. The molecule has 0 saturated carbocycles. The molecular formula is C22H29F2N3O3. The number of benzene rings is 1. The van der Waals surface area contributed by atoms with Crippen LogP contribution in [0, 0.1) is 11.6 Å². The molecule has 1 aliphatic rings. The minimum atomic E-state index is -0.768. The SMILES string of the molecule is COCCCOc1cc(C(=O)N(C(C)C)[C@@H]2CCCNC2)nc2cc(F)cc(F)c12. The van der Waals surface area contributed by atoms with Crippen molar-refractivity contribution in [1.29, 1.82) is 0 Å². The quantitative estimate of drug-likeness (QED) is 0.661. The van der Waals surface area contributed by atoms with E-state index in [1.807, 2.05) is 13.8 Å². The predicted molar refractivity (Wildman–Crippen MR) is 111 cm³/mol.